The monoisotopic (exact) mass is 459 g/mol. The highest BCUT2D eigenvalue weighted by Gasteiger charge is 2.58. The molecule has 1 spiro atoms. The number of benzene rings is 3. The lowest BCUT2D eigenvalue weighted by atomic mass is 9.95. The zero-order valence-electron chi connectivity index (χ0n) is 16.9. The third-order valence-electron chi connectivity index (χ3n) is 5.85. The number of halogens is 1. The van der Waals surface area contributed by atoms with Crippen LogP contribution in [0.3, 0.4) is 0 Å². The van der Waals surface area contributed by atoms with Gasteiger partial charge in [0.15, 0.2) is 0 Å². The predicted molar refractivity (Wildman–Crippen MR) is 128 cm³/mol. The minimum Gasteiger partial charge on any atom is -0.444 e. The van der Waals surface area contributed by atoms with E-state index in [2.05, 4.69) is 23.5 Å². The van der Waals surface area contributed by atoms with Gasteiger partial charge < -0.3 is 4.74 Å². The molecular formula is C25H18ClN3O2S. The van der Waals surface area contributed by atoms with Gasteiger partial charge in [-0.3, -0.25) is 10.1 Å². The van der Waals surface area contributed by atoms with Crippen LogP contribution >= 0.6 is 23.4 Å². The van der Waals surface area contributed by atoms with E-state index in [-0.39, 0.29) is 11.3 Å². The summed E-state index contributed by atoms with van der Waals surface area (Å²) in [5, 5.41) is 10.5. The minimum absolute atomic E-state index is 0.0530. The van der Waals surface area contributed by atoms with Crippen LogP contribution in [0.15, 0.2) is 88.9 Å². The molecule has 0 aromatic heterocycles. The molecule has 3 aromatic rings. The molecule has 0 bridgehead atoms. The van der Waals surface area contributed by atoms with Gasteiger partial charge >= 0.3 is 5.85 Å². The third-order valence-corrected chi connectivity index (χ3v) is 7.01. The number of amides is 1. The first kappa shape index (κ1) is 19.5. The van der Waals surface area contributed by atoms with E-state index in [1.54, 1.807) is 0 Å². The van der Waals surface area contributed by atoms with E-state index in [1.807, 2.05) is 71.7 Å². The van der Waals surface area contributed by atoms with Crippen molar-refractivity contribution in [2.75, 3.05) is 0 Å². The highest BCUT2D eigenvalue weighted by Crippen LogP contribution is 2.52. The number of nitrogens with one attached hydrogen (secondary N) is 1. The molecule has 5 nitrogen and oxygen atoms in total. The molecule has 0 aliphatic carbocycles. The lowest BCUT2D eigenvalue weighted by molar-refractivity contribution is -0.0949. The van der Waals surface area contributed by atoms with Crippen molar-refractivity contribution in [2.45, 2.75) is 18.3 Å². The smallest absolute Gasteiger partial charge is 0.314 e. The lowest BCUT2D eigenvalue weighted by Crippen LogP contribution is -2.61. The highest BCUT2D eigenvalue weighted by atomic mass is 35.5. The first-order valence-electron chi connectivity index (χ1n) is 10.3. The highest BCUT2D eigenvalue weighted by molar-refractivity contribution is 8.17. The van der Waals surface area contributed by atoms with Crippen molar-refractivity contribution >= 4 is 40.4 Å². The molecule has 7 heteroatoms. The Kier molecular flexibility index (Phi) is 4.52. The summed E-state index contributed by atoms with van der Waals surface area (Å²) < 4.78 is 6.53. The molecule has 3 aromatic carbocycles. The van der Waals surface area contributed by atoms with E-state index < -0.39 is 5.85 Å². The van der Waals surface area contributed by atoms with Crippen LogP contribution in [0.25, 0.3) is 6.08 Å². The fourth-order valence-electron chi connectivity index (χ4n) is 4.38. The Balaban J connectivity index is 1.51. The first-order valence-corrected chi connectivity index (χ1v) is 11.5. The standard InChI is InChI=1S/C25H18ClN3O2S/c26-18-12-10-16(11-13-18)14-23-25(27-24(30)32-23)29-21(19-8-4-5-9-22(19)31-25)15-20(28-29)17-6-2-1-3-7-17/h1-14,21H,15H2,(H,27,30). The summed E-state index contributed by atoms with van der Waals surface area (Å²) in [7, 11) is 0. The van der Waals surface area contributed by atoms with E-state index in [0.29, 0.717) is 5.02 Å². The molecule has 3 aliphatic heterocycles. The summed E-state index contributed by atoms with van der Waals surface area (Å²) in [5.74, 6) is -0.445. The zero-order valence-corrected chi connectivity index (χ0v) is 18.4. The van der Waals surface area contributed by atoms with Crippen LogP contribution in [0.5, 0.6) is 5.75 Å². The molecule has 0 radical (unpaired) electrons. The number of hydrogen-bond donors (Lipinski definition) is 1. The lowest BCUT2D eigenvalue weighted by Gasteiger charge is -2.45. The van der Waals surface area contributed by atoms with Crippen molar-refractivity contribution < 1.29 is 9.53 Å². The molecule has 158 valence electrons. The summed E-state index contributed by atoms with van der Waals surface area (Å²) in [6.45, 7) is 0. The second-order valence-corrected chi connectivity index (χ2v) is 9.29. The Bertz CT molecular complexity index is 1280. The molecule has 2 unspecified atom stereocenters. The molecule has 32 heavy (non-hydrogen) atoms. The van der Waals surface area contributed by atoms with Gasteiger partial charge in [-0.05, 0) is 47.2 Å². The van der Waals surface area contributed by atoms with Gasteiger partial charge in [0.1, 0.15) is 5.75 Å². The normalized spacial score (nSPS) is 24.7. The fourth-order valence-corrected chi connectivity index (χ4v) is 5.42. The second-order valence-electron chi connectivity index (χ2n) is 7.84. The summed E-state index contributed by atoms with van der Waals surface area (Å²) in [6, 6.07) is 25.5. The Hall–Kier alpha value is -3.22. The Morgan fingerprint density at radius 3 is 2.62 bits per heavy atom. The van der Waals surface area contributed by atoms with Crippen LogP contribution in [-0.2, 0) is 0 Å². The number of para-hydroxylation sites is 1. The third kappa shape index (κ3) is 3.10. The van der Waals surface area contributed by atoms with Gasteiger partial charge in [-0.25, -0.2) is 5.01 Å². The first-order chi connectivity index (χ1) is 15.6. The molecule has 6 rings (SSSR count). The molecule has 0 saturated carbocycles. The number of rotatable bonds is 2. The number of carbonyl (C=O) groups excluding carboxylic acids is 1. The van der Waals surface area contributed by atoms with Crippen molar-refractivity contribution in [2.24, 2.45) is 5.10 Å². The second kappa shape index (κ2) is 7.43. The van der Waals surface area contributed by atoms with Crippen molar-refractivity contribution in [3.63, 3.8) is 0 Å². The van der Waals surface area contributed by atoms with E-state index in [1.165, 1.54) is 0 Å². The van der Waals surface area contributed by atoms with E-state index in [0.717, 1.165) is 51.2 Å². The van der Waals surface area contributed by atoms with Gasteiger partial charge in [-0.1, -0.05) is 72.3 Å². The minimum atomic E-state index is -1.20. The van der Waals surface area contributed by atoms with Crippen molar-refractivity contribution in [1.29, 1.82) is 0 Å². The van der Waals surface area contributed by atoms with Crippen LogP contribution in [0.4, 0.5) is 4.79 Å². The molecular weight excluding hydrogens is 442 g/mol. The fraction of sp³-hybridized carbons (Fsp3) is 0.120. The number of hydrogen-bond acceptors (Lipinski definition) is 5. The van der Waals surface area contributed by atoms with Crippen LogP contribution < -0.4 is 10.1 Å². The van der Waals surface area contributed by atoms with Crippen molar-refractivity contribution in [3.05, 3.63) is 105 Å². The number of ether oxygens (including phenoxy) is 1. The van der Waals surface area contributed by atoms with Gasteiger partial charge in [-0.15, -0.1) is 0 Å². The molecule has 1 N–H and O–H groups in total. The molecule has 1 saturated heterocycles. The zero-order chi connectivity index (χ0) is 21.7. The summed E-state index contributed by atoms with van der Waals surface area (Å²) in [6.07, 6.45) is 2.68. The maximum atomic E-state index is 12.7. The molecule has 1 fully saturated rings. The van der Waals surface area contributed by atoms with Crippen LogP contribution in [-0.4, -0.2) is 21.8 Å². The van der Waals surface area contributed by atoms with Crippen LogP contribution in [0.2, 0.25) is 5.02 Å². The number of thioether (sulfide) groups is 1. The van der Waals surface area contributed by atoms with E-state index >= 15 is 0 Å². The molecule has 2 atom stereocenters. The van der Waals surface area contributed by atoms with E-state index in [4.69, 9.17) is 21.4 Å². The SMILES string of the molecule is O=C1NC2(Oc3ccccc3C3CC(c4ccccc4)=NN32)C(=Cc2ccc(Cl)cc2)S1. The number of fused-ring (bicyclic) bond motifs is 4. The maximum absolute atomic E-state index is 12.7. The Morgan fingerprint density at radius 2 is 1.81 bits per heavy atom. The van der Waals surface area contributed by atoms with Crippen molar-refractivity contribution in [1.82, 2.24) is 10.3 Å². The van der Waals surface area contributed by atoms with Crippen LogP contribution in [0, 0.1) is 0 Å². The van der Waals surface area contributed by atoms with Gasteiger partial charge in [0.05, 0.1) is 16.7 Å². The van der Waals surface area contributed by atoms with Crippen LogP contribution in [0.1, 0.15) is 29.2 Å². The van der Waals surface area contributed by atoms with Crippen molar-refractivity contribution in [3.8, 4) is 5.75 Å². The van der Waals surface area contributed by atoms with Gasteiger partial charge in [0.25, 0.3) is 5.24 Å². The molecule has 3 heterocycles. The number of hydrazone groups is 1. The van der Waals surface area contributed by atoms with E-state index in [9.17, 15) is 4.79 Å². The average molecular weight is 460 g/mol. The van der Waals surface area contributed by atoms with Gasteiger partial charge in [0.2, 0.25) is 0 Å². The Labute approximate surface area is 194 Å². The Morgan fingerprint density at radius 1 is 1.06 bits per heavy atom. The number of carbonyl (C=O) groups is 1. The topological polar surface area (TPSA) is 53.9 Å². The summed E-state index contributed by atoms with van der Waals surface area (Å²) in [4.78, 5) is 13.4. The average Bonchev–Trinajstić information content (AvgIpc) is 3.39. The predicted octanol–water partition coefficient (Wildman–Crippen LogP) is 6.03. The molecule has 1 amide bonds. The number of nitrogens with zero attached hydrogens (tertiary/aromatic N) is 2. The van der Waals surface area contributed by atoms with Gasteiger partial charge in [-0.2, -0.15) is 5.10 Å². The largest absolute Gasteiger partial charge is 0.444 e. The molecule has 3 aliphatic rings. The maximum Gasteiger partial charge on any atom is 0.314 e. The summed E-state index contributed by atoms with van der Waals surface area (Å²) >= 11 is 7.19. The quantitative estimate of drug-likeness (QED) is 0.508. The summed E-state index contributed by atoms with van der Waals surface area (Å²) in [5.41, 5.74) is 4.02. The van der Waals surface area contributed by atoms with Gasteiger partial charge in [0, 0.05) is 17.0 Å².